The van der Waals surface area contributed by atoms with E-state index >= 15 is 0 Å². The molecule has 8 amide bonds. The van der Waals surface area contributed by atoms with Crippen LogP contribution >= 0.6 is 0 Å². The molecule has 0 aliphatic heterocycles. The van der Waals surface area contributed by atoms with E-state index in [9.17, 15) is 72.9 Å². The van der Waals surface area contributed by atoms with Crippen LogP contribution in [0.15, 0.2) is 60.7 Å². The Hall–Kier alpha value is -7.96. The molecule has 0 bridgehead atoms. The van der Waals surface area contributed by atoms with E-state index in [0.717, 1.165) is 0 Å². The van der Waals surface area contributed by atoms with Crippen LogP contribution in [0.25, 0.3) is 0 Å². The summed E-state index contributed by atoms with van der Waals surface area (Å²) >= 11 is 0. The Kier molecular flexibility index (Phi) is 24.1. The number of hydrogen-bond acceptors (Lipinski definition) is 13. The van der Waals surface area contributed by atoms with Crippen molar-refractivity contribution in [2.75, 3.05) is 0 Å². The van der Waals surface area contributed by atoms with E-state index < -0.39 is 158 Å². The molecule has 0 fully saturated rings. The number of carboxylic acid groups (broad SMARTS) is 4. The third kappa shape index (κ3) is 21.8. The molecule has 70 heavy (non-hydrogen) atoms. The number of hydrogen-bond donors (Lipinski definition) is 13. The summed E-state index contributed by atoms with van der Waals surface area (Å²) in [6.45, 7) is 4.76. The van der Waals surface area contributed by atoms with Gasteiger partial charge in [-0.2, -0.15) is 0 Å². The van der Waals surface area contributed by atoms with Gasteiger partial charge in [0, 0.05) is 25.7 Å². The molecule has 15 N–H and O–H groups in total. The highest BCUT2D eigenvalue weighted by atomic mass is 16.4. The van der Waals surface area contributed by atoms with Crippen LogP contribution in [0.3, 0.4) is 0 Å². The standard InChI is InChI=1S/C45H61N9O16/c1-23(2)18-29(40(64)48-24(3)45(69)70)51-41(65)31(20-26-12-8-5-9-13-26)53-42(66)30(19-25-10-6-4-7-11-25)52-39(63)28(15-17-36(58)59)49-43(67)32(21-34(47)55)54-44(68)33(22-37(60)61)50-38(62)27(46)14-16-35(56)57/h4-13,23-24,27-33H,14-22,46H2,1-3H3,(H2,47,55)(H,48,64)(H,49,67)(H,50,62)(H,51,65)(H,52,63)(H,53,66)(H,54,68)(H,56,57)(H,58,59)(H,60,61)(H,69,70)/t24-,27-,28-,29-,30-,31-,32-,33-/m0/s1. The molecule has 382 valence electrons. The Morgan fingerprint density at radius 2 is 0.829 bits per heavy atom. The fourth-order valence-electron chi connectivity index (χ4n) is 6.58. The lowest BCUT2D eigenvalue weighted by atomic mass is 10.00. The summed E-state index contributed by atoms with van der Waals surface area (Å²) in [5, 5.41) is 53.7. The molecule has 0 saturated heterocycles. The van der Waals surface area contributed by atoms with Gasteiger partial charge in [-0.15, -0.1) is 0 Å². The van der Waals surface area contributed by atoms with Crippen LogP contribution < -0.4 is 48.7 Å². The van der Waals surface area contributed by atoms with Gasteiger partial charge in [-0.3, -0.25) is 57.5 Å². The Morgan fingerprint density at radius 3 is 1.26 bits per heavy atom. The number of nitrogens with two attached hydrogens (primary N) is 2. The van der Waals surface area contributed by atoms with Crippen molar-refractivity contribution in [3.05, 3.63) is 71.8 Å². The van der Waals surface area contributed by atoms with Crippen molar-refractivity contribution in [1.29, 1.82) is 0 Å². The molecule has 2 aromatic rings. The SMILES string of the molecule is CC(C)C[C@H](NC(=O)[C@H](Cc1ccccc1)NC(=O)[C@H](Cc1ccccc1)NC(=O)[C@H](CCC(=O)O)NC(=O)[C@H](CC(N)=O)NC(=O)[C@H](CC(=O)O)NC(=O)[C@@H](N)CCC(=O)O)C(=O)N[C@@H](C)C(=O)O. The summed E-state index contributed by atoms with van der Waals surface area (Å²) in [6.07, 6.45) is -4.74. The Balaban J connectivity index is 2.52. The lowest BCUT2D eigenvalue weighted by Gasteiger charge is -2.28. The first-order chi connectivity index (χ1) is 32.9. The largest absolute Gasteiger partial charge is 0.481 e. The van der Waals surface area contributed by atoms with Gasteiger partial charge in [-0.25, -0.2) is 0 Å². The van der Waals surface area contributed by atoms with Crippen molar-refractivity contribution in [2.24, 2.45) is 17.4 Å². The third-order valence-electron chi connectivity index (χ3n) is 10.2. The third-order valence-corrected chi connectivity index (χ3v) is 10.2. The number of benzene rings is 2. The van der Waals surface area contributed by atoms with Gasteiger partial charge in [0.2, 0.25) is 47.3 Å². The summed E-state index contributed by atoms with van der Waals surface area (Å²) < 4.78 is 0. The quantitative estimate of drug-likeness (QED) is 0.0369. The van der Waals surface area contributed by atoms with Gasteiger partial charge in [-0.1, -0.05) is 74.5 Å². The molecule has 25 nitrogen and oxygen atoms in total. The molecule has 0 aliphatic rings. The zero-order valence-corrected chi connectivity index (χ0v) is 38.7. The summed E-state index contributed by atoms with van der Waals surface area (Å²) in [6, 6.07) is 3.73. The zero-order valence-electron chi connectivity index (χ0n) is 38.7. The number of rotatable bonds is 31. The molecular formula is C45H61N9O16. The van der Waals surface area contributed by atoms with E-state index in [2.05, 4.69) is 37.2 Å². The van der Waals surface area contributed by atoms with E-state index in [1.165, 1.54) is 6.92 Å². The summed E-state index contributed by atoms with van der Waals surface area (Å²) in [5.74, 6) is -14.6. The van der Waals surface area contributed by atoms with Crippen molar-refractivity contribution < 1.29 is 78.0 Å². The van der Waals surface area contributed by atoms with Gasteiger partial charge in [0.15, 0.2) is 0 Å². The van der Waals surface area contributed by atoms with Crippen LogP contribution in [-0.2, 0) is 70.4 Å². The second-order valence-electron chi connectivity index (χ2n) is 16.7. The molecule has 2 rings (SSSR count). The van der Waals surface area contributed by atoms with Gasteiger partial charge in [-0.05, 0) is 43.2 Å². The second kappa shape index (κ2) is 29.0. The monoisotopic (exact) mass is 983 g/mol. The maximum absolute atomic E-state index is 14.4. The van der Waals surface area contributed by atoms with E-state index in [4.69, 9.17) is 16.6 Å². The normalized spacial score (nSPS) is 14.3. The number of carboxylic acids is 4. The average Bonchev–Trinajstić information content (AvgIpc) is 3.28. The number of nitrogens with one attached hydrogen (secondary N) is 7. The van der Waals surface area contributed by atoms with Crippen molar-refractivity contribution in [2.45, 2.75) is 127 Å². The highest BCUT2D eigenvalue weighted by Gasteiger charge is 2.35. The number of carbonyl (C=O) groups excluding carboxylic acids is 8. The molecule has 25 heteroatoms. The van der Waals surface area contributed by atoms with Crippen LogP contribution in [0.1, 0.15) is 76.8 Å². The predicted molar refractivity (Wildman–Crippen MR) is 244 cm³/mol. The first kappa shape index (κ1) is 58.2. The van der Waals surface area contributed by atoms with Gasteiger partial charge in [0.05, 0.1) is 18.9 Å². The Bertz CT molecular complexity index is 2190. The minimum Gasteiger partial charge on any atom is -0.481 e. The molecule has 8 atom stereocenters. The van der Waals surface area contributed by atoms with Gasteiger partial charge >= 0.3 is 23.9 Å². The van der Waals surface area contributed by atoms with Gasteiger partial charge in [0.1, 0.15) is 42.3 Å². The molecule has 0 aromatic heterocycles. The lowest BCUT2D eigenvalue weighted by molar-refractivity contribution is -0.142. The van der Waals surface area contributed by atoms with Crippen molar-refractivity contribution in [1.82, 2.24) is 37.2 Å². The number of aliphatic carboxylic acids is 4. The average molecular weight is 984 g/mol. The molecule has 0 unspecified atom stereocenters. The highest BCUT2D eigenvalue weighted by Crippen LogP contribution is 2.12. The van der Waals surface area contributed by atoms with Crippen LogP contribution in [0, 0.1) is 5.92 Å². The van der Waals surface area contributed by atoms with Crippen molar-refractivity contribution in [3.63, 3.8) is 0 Å². The number of primary amides is 1. The fourth-order valence-corrected chi connectivity index (χ4v) is 6.58. The summed E-state index contributed by atoms with van der Waals surface area (Å²) in [4.78, 5) is 154. The fraction of sp³-hybridized carbons (Fsp3) is 0.467. The predicted octanol–water partition coefficient (Wildman–Crippen LogP) is -2.58. The van der Waals surface area contributed by atoms with Crippen LogP contribution in [0.2, 0.25) is 0 Å². The molecule has 0 radical (unpaired) electrons. The summed E-state index contributed by atoms with van der Waals surface area (Å²) in [5.41, 5.74) is 12.1. The molecule has 2 aromatic carbocycles. The maximum Gasteiger partial charge on any atom is 0.325 e. The van der Waals surface area contributed by atoms with E-state index in [-0.39, 0.29) is 25.2 Å². The Labute approximate surface area is 401 Å². The van der Waals surface area contributed by atoms with E-state index in [1.54, 1.807) is 74.5 Å². The molecule has 0 aliphatic carbocycles. The smallest absolute Gasteiger partial charge is 0.325 e. The molecule has 0 heterocycles. The topological polar surface area (TPSA) is 422 Å². The maximum atomic E-state index is 14.4. The minimum atomic E-state index is -1.98. The summed E-state index contributed by atoms with van der Waals surface area (Å²) in [7, 11) is 0. The van der Waals surface area contributed by atoms with Gasteiger partial charge in [0.25, 0.3) is 0 Å². The van der Waals surface area contributed by atoms with Crippen LogP contribution in [0.5, 0.6) is 0 Å². The van der Waals surface area contributed by atoms with Crippen LogP contribution in [-0.4, -0.2) is 140 Å². The zero-order chi connectivity index (χ0) is 52.7. The highest BCUT2D eigenvalue weighted by molar-refractivity contribution is 5.99. The second-order valence-corrected chi connectivity index (χ2v) is 16.7. The first-order valence-corrected chi connectivity index (χ1v) is 22.0. The first-order valence-electron chi connectivity index (χ1n) is 22.0. The number of amides is 8. The Morgan fingerprint density at radius 1 is 0.457 bits per heavy atom. The van der Waals surface area contributed by atoms with Gasteiger partial charge < -0.3 is 69.1 Å². The molecule has 0 spiro atoms. The molecule has 0 saturated carbocycles. The number of carbonyl (C=O) groups is 12. The lowest BCUT2D eigenvalue weighted by Crippen LogP contribution is -2.61. The molecular weight excluding hydrogens is 923 g/mol. The minimum absolute atomic E-state index is 0.0698. The van der Waals surface area contributed by atoms with E-state index in [1.807, 2.05) is 0 Å². The van der Waals surface area contributed by atoms with E-state index in [0.29, 0.717) is 11.1 Å². The van der Waals surface area contributed by atoms with Crippen LogP contribution in [0.4, 0.5) is 0 Å². The van der Waals surface area contributed by atoms with Crippen molar-refractivity contribution in [3.8, 4) is 0 Å². The van der Waals surface area contributed by atoms with Crippen molar-refractivity contribution >= 4 is 71.1 Å².